The van der Waals surface area contributed by atoms with E-state index in [9.17, 15) is 8.78 Å². The number of hydrogen-bond acceptors (Lipinski definition) is 5. The Kier molecular flexibility index (Phi) is 5.41. The summed E-state index contributed by atoms with van der Waals surface area (Å²) in [4.78, 5) is 15.7. The molecule has 5 rings (SSSR count). The molecule has 0 spiro atoms. The molecule has 3 aromatic heterocycles. The third-order valence-corrected chi connectivity index (χ3v) is 6.43. The number of aromatic amines is 2. The predicted molar refractivity (Wildman–Crippen MR) is 122 cm³/mol. The molecule has 0 saturated carbocycles. The van der Waals surface area contributed by atoms with E-state index in [0.717, 1.165) is 22.8 Å². The van der Waals surface area contributed by atoms with Crippen LogP contribution < -0.4 is 5.32 Å². The first-order valence-corrected chi connectivity index (χ1v) is 10.7. The number of halogens is 3. The molecule has 33 heavy (non-hydrogen) atoms. The van der Waals surface area contributed by atoms with E-state index in [1.165, 1.54) is 18.5 Å². The number of allylic oxidation sites excluding steroid dienone is 3. The summed E-state index contributed by atoms with van der Waals surface area (Å²) in [5, 5.41) is 10.9. The summed E-state index contributed by atoms with van der Waals surface area (Å²) in [6.07, 6.45) is 8.33. The summed E-state index contributed by atoms with van der Waals surface area (Å²) >= 11 is 6.67. The molecule has 0 saturated heterocycles. The van der Waals surface area contributed by atoms with Crippen LogP contribution in [0.5, 0.6) is 0 Å². The first kappa shape index (κ1) is 21.3. The molecule has 168 valence electrons. The number of fused-ring (bicyclic) bond motifs is 1. The first-order chi connectivity index (χ1) is 15.9. The van der Waals surface area contributed by atoms with Crippen LogP contribution in [-0.2, 0) is 0 Å². The highest BCUT2D eigenvalue weighted by Crippen LogP contribution is 2.49. The molecular weight excluding hydrogens is 448 g/mol. The molecule has 4 aromatic rings. The molecule has 3 heterocycles. The van der Waals surface area contributed by atoms with Gasteiger partial charge in [-0.15, -0.1) is 0 Å². The lowest BCUT2D eigenvalue weighted by Crippen LogP contribution is -2.29. The van der Waals surface area contributed by atoms with Gasteiger partial charge in [0.2, 0.25) is 0 Å². The highest BCUT2D eigenvalue weighted by atomic mass is 35.5. The number of H-pyrrole nitrogens is 2. The number of imidazole rings is 1. The van der Waals surface area contributed by atoms with Crippen LogP contribution in [0.3, 0.4) is 0 Å². The summed E-state index contributed by atoms with van der Waals surface area (Å²) in [6.45, 7) is 3.88. The van der Waals surface area contributed by atoms with Gasteiger partial charge < -0.3 is 10.3 Å². The fourth-order valence-electron chi connectivity index (χ4n) is 4.51. The molecule has 0 amide bonds. The number of nitrogens with one attached hydrogen (secondary N) is 3. The molecule has 3 N–H and O–H groups in total. The molecule has 1 aliphatic rings. The Hall–Kier alpha value is -3.59. The van der Waals surface area contributed by atoms with Gasteiger partial charge in [0.05, 0.1) is 12.5 Å². The monoisotopic (exact) mass is 467 g/mol. The van der Waals surface area contributed by atoms with Crippen molar-refractivity contribution in [1.82, 2.24) is 30.1 Å². The Morgan fingerprint density at radius 2 is 1.85 bits per heavy atom. The van der Waals surface area contributed by atoms with Crippen molar-refractivity contribution in [3.05, 3.63) is 88.3 Å². The van der Waals surface area contributed by atoms with Gasteiger partial charge in [-0.2, -0.15) is 5.10 Å². The van der Waals surface area contributed by atoms with E-state index in [0.29, 0.717) is 27.6 Å². The second-order valence-electron chi connectivity index (χ2n) is 8.05. The van der Waals surface area contributed by atoms with Gasteiger partial charge >= 0.3 is 0 Å². The van der Waals surface area contributed by atoms with E-state index >= 15 is 0 Å². The SMILES string of the molecule is CC1=C(Cl)C=C(C(C)Nc2ncnc3nc[nH]c23)C(c2cc(F)cc(F)c2)C1c1cn[nH]c1. The van der Waals surface area contributed by atoms with E-state index < -0.39 is 17.6 Å². The van der Waals surface area contributed by atoms with Crippen molar-refractivity contribution in [3.8, 4) is 0 Å². The third-order valence-electron chi connectivity index (χ3n) is 6.03. The lowest BCUT2D eigenvalue weighted by Gasteiger charge is -2.37. The summed E-state index contributed by atoms with van der Waals surface area (Å²) in [5.41, 5.74) is 4.33. The maximum atomic E-state index is 14.3. The van der Waals surface area contributed by atoms with Crippen LogP contribution in [0.4, 0.5) is 14.6 Å². The number of nitrogens with zero attached hydrogens (tertiary/aromatic N) is 4. The van der Waals surface area contributed by atoms with Crippen LogP contribution in [0.2, 0.25) is 0 Å². The van der Waals surface area contributed by atoms with Crippen LogP contribution in [-0.4, -0.2) is 36.2 Å². The average molecular weight is 468 g/mol. The second-order valence-corrected chi connectivity index (χ2v) is 8.46. The van der Waals surface area contributed by atoms with Crippen molar-refractivity contribution in [2.45, 2.75) is 31.7 Å². The highest BCUT2D eigenvalue weighted by molar-refractivity contribution is 6.31. The second kappa shape index (κ2) is 8.40. The molecular formula is C23H20ClF2N7. The summed E-state index contributed by atoms with van der Waals surface area (Å²) in [5.74, 6) is -1.36. The Bertz CT molecular complexity index is 1360. The summed E-state index contributed by atoms with van der Waals surface area (Å²) in [7, 11) is 0. The zero-order valence-electron chi connectivity index (χ0n) is 17.8. The molecule has 3 unspecified atom stereocenters. The molecule has 1 aromatic carbocycles. The Morgan fingerprint density at radius 3 is 2.58 bits per heavy atom. The van der Waals surface area contributed by atoms with Gasteiger partial charge in [0.25, 0.3) is 0 Å². The number of hydrogen-bond donors (Lipinski definition) is 3. The molecule has 0 fully saturated rings. The zero-order chi connectivity index (χ0) is 23.1. The molecule has 7 nitrogen and oxygen atoms in total. The molecule has 1 aliphatic carbocycles. The molecule has 0 radical (unpaired) electrons. The van der Waals surface area contributed by atoms with Crippen LogP contribution in [0.25, 0.3) is 11.2 Å². The van der Waals surface area contributed by atoms with Crippen molar-refractivity contribution < 1.29 is 8.78 Å². The quantitative estimate of drug-likeness (QED) is 0.376. The van der Waals surface area contributed by atoms with Gasteiger partial charge in [-0.25, -0.2) is 23.7 Å². The fraction of sp³-hybridized carbons (Fsp3) is 0.217. The standard InChI is InChI=1S/C23H20ClF2N7/c1-11-18(24)6-17(12(2)33-23-21-22(28-9-27-21)29-10-30-23)20(19(11)14-7-31-32-8-14)13-3-15(25)5-16(26)4-13/h3-10,12,19-20H,1-2H3,(H,31,32)(H2,27,28,29,30,33). The lowest BCUT2D eigenvalue weighted by atomic mass is 9.70. The minimum Gasteiger partial charge on any atom is -0.362 e. The van der Waals surface area contributed by atoms with E-state index in [4.69, 9.17) is 11.6 Å². The Morgan fingerprint density at radius 1 is 1.06 bits per heavy atom. The van der Waals surface area contributed by atoms with Crippen LogP contribution >= 0.6 is 11.6 Å². The van der Waals surface area contributed by atoms with Gasteiger partial charge in [-0.3, -0.25) is 5.10 Å². The maximum Gasteiger partial charge on any atom is 0.182 e. The average Bonchev–Trinajstić information content (AvgIpc) is 3.47. The van der Waals surface area contributed by atoms with Crippen LogP contribution in [0, 0.1) is 11.6 Å². The van der Waals surface area contributed by atoms with Crippen molar-refractivity contribution in [1.29, 1.82) is 0 Å². The molecule has 0 bridgehead atoms. The third kappa shape index (κ3) is 3.89. The Balaban J connectivity index is 1.62. The smallest absolute Gasteiger partial charge is 0.182 e. The summed E-state index contributed by atoms with van der Waals surface area (Å²) in [6, 6.07) is 3.31. The van der Waals surface area contributed by atoms with Gasteiger partial charge in [0.1, 0.15) is 23.5 Å². The first-order valence-electron chi connectivity index (χ1n) is 10.4. The fourth-order valence-corrected chi connectivity index (χ4v) is 4.75. The van der Waals surface area contributed by atoms with Crippen molar-refractivity contribution in [2.24, 2.45) is 0 Å². The predicted octanol–water partition coefficient (Wildman–Crippen LogP) is 5.18. The minimum absolute atomic E-state index is 0.265. The molecule has 10 heteroatoms. The number of rotatable bonds is 5. The van der Waals surface area contributed by atoms with E-state index in [-0.39, 0.29) is 12.0 Å². The molecule has 3 atom stereocenters. The van der Waals surface area contributed by atoms with E-state index in [2.05, 4.69) is 35.5 Å². The highest BCUT2D eigenvalue weighted by Gasteiger charge is 2.37. The van der Waals surface area contributed by atoms with Crippen molar-refractivity contribution >= 4 is 28.6 Å². The number of anilines is 1. The lowest BCUT2D eigenvalue weighted by molar-refractivity contribution is 0.564. The van der Waals surface area contributed by atoms with Crippen LogP contribution in [0.15, 0.2) is 65.5 Å². The normalized spacial score (nSPS) is 19.6. The molecule has 0 aliphatic heterocycles. The van der Waals surface area contributed by atoms with Gasteiger partial charge in [0.15, 0.2) is 11.5 Å². The van der Waals surface area contributed by atoms with Crippen molar-refractivity contribution in [2.75, 3.05) is 5.32 Å². The van der Waals surface area contributed by atoms with Crippen LogP contribution in [0.1, 0.15) is 36.8 Å². The Labute approximate surface area is 193 Å². The van der Waals surface area contributed by atoms with Crippen molar-refractivity contribution in [3.63, 3.8) is 0 Å². The van der Waals surface area contributed by atoms with E-state index in [1.54, 1.807) is 18.7 Å². The van der Waals surface area contributed by atoms with E-state index in [1.807, 2.05) is 19.9 Å². The largest absolute Gasteiger partial charge is 0.362 e. The zero-order valence-corrected chi connectivity index (χ0v) is 18.5. The number of aromatic nitrogens is 6. The van der Waals surface area contributed by atoms with Gasteiger partial charge in [0, 0.05) is 35.2 Å². The topological polar surface area (TPSA) is 95.2 Å². The summed E-state index contributed by atoms with van der Waals surface area (Å²) < 4.78 is 28.6. The minimum atomic E-state index is -0.635. The van der Waals surface area contributed by atoms with Gasteiger partial charge in [-0.1, -0.05) is 11.6 Å². The number of benzene rings is 1. The maximum absolute atomic E-state index is 14.3. The van der Waals surface area contributed by atoms with Gasteiger partial charge in [-0.05, 0) is 54.3 Å².